The summed E-state index contributed by atoms with van der Waals surface area (Å²) in [6, 6.07) is 6.18. The molecule has 0 bridgehead atoms. The fourth-order valence-corrected chi connectivity index (χ4v) is 2.62. The normalized spacial score (nSPS) is 19.6. The maximum atomic E-state index is 12.0. The highest BCUT2D eigenvalue weighted by Crippen LogP contribution is 2.37. The average Bonchev–Trinajstić information content (AvgIpc) is 3.22. The molecular weight excluding hydrogens is 224 g/mol. The van der Waals surface area contributed by atoms with Crippen molar-refractivity contribution >= 4 is 17.3 Å². The van der Waals surface area contributed by atoms with Crippen LogP contribution in [0.25, 0.3) is 0 Å². The molecule has 3 heteroatoms. The molecule has 18 heavy (non-hydrogen) atoms. The maximum absolute atomic E-state index is 12.0. The van der Waals surface area contributed by atoms with E-state index in [1.165, 1.54) is 30.5 Å². The smallest absolute Gasteiger partial charge is 0.227 e. The van der Waals surface area contributed by atoms with Gasteiger partial charge in [-0.2, -0.15) is 0 Å². The van der Waals surface area contributed by atoms with E-state index < -0.39 is 0 Å². The topological polar surface area (TPSA) is 41.1 Å². The van der Waals surface area contributed by atoms with Gasteiger partial charge in [0.25, 0.3) is 0 Å². The second kappa shape index (κ2) is 4.63. The molecule has 1 heterocycles. The molecule has 3 rings (SSSR count). The number of nitrogens with one attached hydrogen (secondary N) is 2. The average molecular weight is 244 g/mol. The molecule has 3 nitrogen and oxygen atoms in total. The molecule has 1 amide bonds. The first-order chi connectivity index (χ1) is 8.74. The first kappa shape index (κ1) is 11.6. The molecular formula is C15H20N2O. The van der Waals surface area contributed by atoms with Crippen molar-refractivity contribution in [1.82, 2.24) is 0 Å². The fraction of sp³-hybridized carbons (Fsp3) is 0.533. The van der Waals surface area contributed by atoms with E-state index in [-0.39, 0.29) is 11.8 Å². The van der Waals surface area contributed by atoms with Gasteiger partial charge in [-0.15, -0.1) is 0 Å². The van der Waals surface area contributed by atoms with E-state index in [0.29, 0.717) is 5.92 Å². The number of hydrogen-bond acceptors (Lipinski definition) is 2. The van der Waals surface area contributed by atoms with E-state index in [0.717, 1.165) is 18.7 Å². The van der Waals surface area contributed by atoms with Crippen molar-refractivity contribution in [2.45, 2.75) is 32.6 Å². The minimum Gasteiger partial charge on any atom is -0.385 e. The van der Waals surface area contributed by atoms with E-state index in [1.54, 1.807) is 0 Å². The molecule has 0 aromatic heterocycles. The summed E-state index contributed by atoms with van der Waals surface area (Å²) in [6.07, 6.45) is 4.69. The van der Waals surface area contributed by atoms with Gasteiger partial charge in [-0.05, 0) is 55.4 Å². The summed E-state index contributed by atoms with van der Waals surface area (Å²) in [6.45, 7) is 3.09. The SMILES string of the molecule is C[C@H](C(=O)Nc1ccc2c(c1)CCCN2)C1CC1. The van der Waals surface area contributed by atoms with Crippen LogP contribution in [0.5, 0.6) is 0 Å². The van der Waals surface area contributed by atoms with Gasteiger partial charge in [0.2, 0.25) is 5.91 Å². The number of hydrogen-bond donors (Lipinski definition) is 2. The number of fused-ring (bicyclic) bond motifs is 1. The van der Waals surface area contributed by atoms with E-state index in [1.807, 2.05) is 13.0 Å². The number of benzene rings is 1. The third-order valence-corrected chi connectivity index (χ3v) is 4.05. The monoisotopic (exact) mass is 244 g/mol. The van der Waals surface area contributed by atoms with Gasteiger partial charge in [-0.3, -0.25) is 4.79 Å². The molecule has 1 aromatic rings. The quantitative estimate of drug-likeness (QED) is 0.858. The van der Waals surface area contributed by atoms with Gasteiger partial charge in [-0.25, -0.2) is 0 Å². The van der Waals surface area contributed by atoms with Gasteiger partial charge in [0, 0.05) is 23.8 Å². The predicted molar refractivity (Wildman–Crippen MR) is 73.8 cm³/mol. The summed E-state index contributed by atoms with van der Waals surface area (Å²) in [5, 5.41) is 6.43. The summed E-state index contributed by atoms with van der Waals surface area (Å²) >= 11 is 0. The second-order valence-electron chi connectivity index (χ2n) is 5.52. The molecule has 2 aliphatic rings. The van der Waals surface area contributed by atoms with Crippen LogP contribution < -0.4 is 10.6 Å². The van der Waals surface area contributed by atoms with Gasteiger partial charge in [-0.1, -0.05) is 6.92 Å². The van der Waals surface area contributed by atoms with Crippen LogP contribution in [-0.2, 0) is 11.2 Å². The Kier molecular flexibility index (Phi) is 2.98. The maximum Gasteiger partial charge on any atom is 0.227 e. The molecule has 1 saturated carbocycles. The van der Waals surface area contributed by atoms with Crippen LogP contribution in [0, 0.1) is 11.8 Å². The van der Waals surface area contributed by atoms with Crippen LogP contribution in [0.3, 0.4) is 0 Å². The van der Waals surface area contributed by atoms with Crippen LogP contribution in [0.1, 0.15) is 31.7 Å². The number of carbonyl (C=O) groups excluding carboxylic acids is 1. The Morgan fingerprint density at radius 3 is 3.06 bits per heavy atom. The third-order valence-electron chi connectivity index (χ3n) is 4.05. The molecule has 1 aliphatic heterocycles. The Bertz CT molecular complexity index is 466. The molecule has 1 fully saturated rings. The molecule has 0 spiro atoms. The van der Waals surface area contributed by atoms with Crippen molar-refractivity contribution in [2.24, 2.45) is 11.8 Å². The van der Waals surface area contributed by atoms with Crippen LogP contribution in [0.4, 0.5) is 11.4 Å². The van der Waals surface area contributed by atoms with Gasteiger partial charge >= 0.3 is 0 Å². The first-order valence-electron chi connectivity index (χ1n) is 6.92. The highest BCUT2D eigenvalue weighted by atomic mass is 16.1. The number of carbonyl (C=O) groups is 1. The minimum absolute atomic E-state index is 0.152. The Hall–Kier alpha value is -1.51. The van der Waals surface area contributed by atoms with Gasteiger partial charge in [0.1, 0.15) is 0 Å². The van der Waals surface area contributed by atoms with Crippen molar-refractivity contribution in [2.75, 3.05) is 17.2 Å². The highest BCUT2D eigenvalue weighted by Gasteiger charge is 2.32. The van der Waals surface area contributed by atoms with Crippen LogP contribution in [0.15, 0.2) is 18.2 Å². The summed E-state index contributed by atoms with van der Waals surface area (Å²) in [5.74, 6) is 0.935. The Labute approximate surface area is 108 Å². The molecule has 1 atom stereocenters. The summed E-state index contributed by atoms with van der Waals surface area (Å²) in [7, 11) is 0. The zero-order valence-electron chi connectivity index (χ0n) is 10.8. The van der Waals surface area contributed by atoms with Gasteiger partial charge in [0.05, 0.1) is 0 Å². The molecule has 0 radical (unpaired) electrons. The van der Waals surface area contributed by atoms with E-state index in [4.69, 9.17) is 0 Å². The van der Waals surface area contributed by atoms with Gasteiger partial charge in [0.15, 0.2) is 0 Å². The molecule has 96 valence electrons. The molecule has 2 N–H and O–H groups in total. The fourth-order valence-electron chi connectivity index (χ4n) is 2.62. The largest absolute Gasteiger partial charge is 0.385 e. The van der Waals surface area contributed by atoms with Crippen molar-refractivity contribution in [1.29, 1.82) is 0 Å². The Morgan fingerprint density at radius 1 is 1.44 bits per heavy atom. The molecule has 1 aromatic carbocycles. The summed E-state index contributed by atoms with van der Waals surface area (Å²) in [5.41, 5.74) is 3.47. The standard InChI is InChI=1S/C15H20N2O/c1-10(11-4-5-11)15(18)17-13-6-7-14-12(9-13)3-2-8-16-14/h6-7,9-11,16H,2-5,8H2,1H3,(H,17,18)/t10-/m0/s1. The van der Waals surface area contributed by atoms with Crippen molar-refractivity contribution in [3.63, 3.8) is 0 Å². The molecule has 0 unspecified atom stereocenters. The highest BCUT2D eigenvalue weighted by molar-refractivity contribution is 5.93. The predicted octanol–water partition coefficient (Wildman–Crippen LogP) is 3.03. The molecule has 0 saturated heterocycles. The number of anilines is 2. The summed E-state index contributed by atoms with van der Waals surface area (Å²) < 4.78 is 0. The Balaban J connectivity index is 1.70. The number of rotatable bonds is 3. The lowest BCUT2D eigenvalue weighted by Gasteiger charge is -2.19. The molecule has 1 aliphatic carbocycles. The number of aryl methyl sites for hydroxylation is 1. The van der Waals surface area contributed by atoms with Gasteiger partial charge < -0.3 is 10.6 Å². The lowest BCUT2D eigenvalue weighted by atomic mass is 10.0. The Morgan fingerprint density at radius 2 is 2.28 bits per heavy atom. The van der Waals surface area contributed by atoms with Crippen molar-refractivity contribution in [3.8, 4) is 0 Å². The van der Waals surface area contributed by atoms with Crippen LogP contribution in [0.2, 0.25) is 0 Å². The second-order valence-corrected chi connectivity index (χ2v) is 5.52. The lowest BCUT2D eigenvalue weighted by Crippen LogP contribution is -2.22. The lowest BCUT2D eigenvalue weighted by molar-refractivity contribution is -0.119. The third kappa shape index (κ3) is 2.35. The minimum atomic E-state index is 0.152. The van der Waals surface area contributed by atoms with E-state index >= 15 is 0 Å². The van der Waals surface area contributed by atoms with Crippen molar-refractivity contribution in [3.05, 3.63) is 23.8 Å². The van der Waals surface area contributed by atoms with Crippen molar-refractivity contribution < 1.29 is 4.79 Å². The number of amides is 1. The van der Waals surface area contributed by atoms with E-state index in [9.17, 15) is 4.79 Å². The van der Waals surface area contributed by atoms with E-state index in [2.05, 4.69) is 22.8 Å². The van der Waals surface area contributed by atoms with Crippen LogP contribution in [-0.4, -0.2) is 12.5 Å². The van der Waals surface area contributed by atoms with Crippen LogP contribution >= 0.6 is 0 Å². The zero-order valence-corrected chi connectivity index (χ0v) is 10.8. The first-order valence-corrected chi connectivity index (χ1v) is 6.92. The summed E-state index contributed by atoms with van der Waals surface area (Å²) in [4.78, 5) is 12.0. The zero-order chi connectivity index (χ0) is 12.5.